The SMILES string of the molecule is FC(F)(F)c1cccc(OCCN(CCNc2ncc(C(F)(F)F)cc2Cl)Cc2ccc(Cl)cc2)c1. The van der Waals surface area contributed by atoms with Gasteiger partial charge in [-0.25, -0.2) is 4.98 Å². The van der Waals surface area contributed by atoms with Gasteiger partial charge in [0.2, 0.25) is 0 Å². The van der Waals surface area contributed by atoms with Gasteiger partial charge in [0.05, 0.1) is 16.1 Å². The van der Waals surface area contributed by atoms with Crippen LogP contribution in [0.2, 0.25) is 10.0 Å². The minimum Gasteiger partial charge on any atom is -0.492 e. The van der Waals surface area contributed by atoms with Gasteiger partial charge in [-0.05, 0) is 42.0 Å². The first kappa shape index (κ1) is 27.9. The van der Waals surface area contributed by atoms with Crippen LogP contribution in [0.1, 0.15) is 16.7 Å². The molecular formula is C24H21Cl2F6N3O. The summed E-state index contributed by atoms with van der Waals surface area (Å²) in [5.41, 5.74) is -0.818. The van der Waals surface area contributed by atoms with Crippen LogP contribution in [0.4, 0.5) is 32.2 Å². The van der Waals surface area contributed by atoms with Gasteiger partial charge in [0.15, 0.2) is 0 Å². The lowest BCUT2D eigenvalue weighted by Gasteiger charge is -2.23. The van der Waals surface area contributed by atoms with Crippen LogP contribution in [0.15, 0.2) is 60.8 Å². The van der Waals surface area contributed by atoms with Gasteiger partial charge in [0, 0.05) is 37.4 Å². The predicted octanol–water partition coefficient (Wildman–Crippen LogP) is 7.42. The van der Waals surface area contributed by atoms with E-state index in [2.05, 4.69) is 10.3 Å². The topological polar surface area (TPSA) is 37.4 Å². The molecule has 0 fully saturated rings. The largest absolute Gasteiger partial charge is 0.492 e. The number of ether oxygens (including phenoxy) is 1. The molecule has 0 unspecified atom stereocenters. The van der Waals surface area contributed by atoms with E-state index in [1.54, 1.807) is 12.1 Å². The number of benzene rings is 2. The molecule has 1 N–H and O–H groups in total. The van der Waals surface area contributed by atoms with Gasteiger partial charge in [0.1, 0.15) is 18.2 Å². The maximum atomic E-state index is 12.9. The van der Waals surface area contributed by atoms with Crippen molar-refractivity contribution >= 4 is 29.0 Å². The Morgan fingerprint density at radius 2 is 1.56 bits per heavy atom. The number of aromatic nitrogens is 1. The molecule has 0 aliphatic rings. The minimum atomic E-state index is -4.55. The first-order chi connectivity index (χ1) is 16.9. The number of nitrogens with zero attached hydrogens (tertiary/aromatic N) is 2. The van der Waals surface area contributed by atoms with E-state index >= 15 is 0 Å². The zero-order chi connectivity index (χ0) is 26.3. The third-order valence-corrected chi connectivity index (χ3v) is 5.59. The predicted molar refractivity (Wildman–Crippen MR) is 126 cm³/mol. The Bertz CT molecular complexity index is 1140. The molecule has 0 saturated carbocycles. The Hall–Kier alpha value is -2.69. The fraction of sp³-hybridized carbons (Fsp3) is 0.292. The number of nitrogens with one attached hydrogen (secondary N) is 1. The molecule has 1 aromatic heterocycles. The minimum absolute atomic E-state index is 0.0927. The van der Waals surface area contributed by atoms with Gasteiger partial charge in [-0.3, -0.25) is 4.90 Å². The van der Waals surface area contributed by atoms with Gasteiger partial charge >= 0.3 is 12.4 Å². The molecule has 0 bridgehead atoms. The van der Waals surface area contributed by atoms with Crippen LogP contribution in [0, 0.1) is 0 Å². The first-order valence-corrected chi connectivity index (χ1v) is 11.4. The van der Waals surface area contributed by atoms with Crippen molar-refractivity contribution in [1.29, 1.82) is 0 Å². The fourth-order valence-electron chi connectivity index (χ4n) is 3.23. The number of alkyl halides is 6. The molecular weight excluding hydrogens is 531 g/mol. The number of hydrogen-bond acceptors (Lipinski definition) is 4. The molecule has 12 heteroatoms. The van der Waals surface area contributed by atoms with Crippen LogP contribution >= 0.6 is 23.2 Å². The first-order valence-electron chi connectivity index (χ1n) is 10.7. The molecule has 0 saturated heterocycles. The lowest BCUT2D eigenvalue weighted by atomic mass is 10.2. The highest BCUT2D eigenvalue weighted by Crippen LogP contribution is 2.33. The van der Waals surface area contributed by atoms with E-state index < -0.39 is 23.5 Å². The third kappa shape index (κ3) is 8.46. The smallest absolute Gasteiger partial charge is 0.417 e. The molecule has 0 amide bonds. The monoisotopic (exact) mass is 551 g/mol. The third-order valence-electron chi connectivity index (χ3n) is 5.05. The molecule has 0 radical (unpaired) electrons. The Labute approximate surface area is 213 Å². The number of rotatable bonds is 10. The summed E-state index contributed by atoms with van der Waals surface area (Å²) in [6, 6.07) is 12.6. The van der Waals surface area contributed by atoms with E-state index in [1.807, 2.05) is 17.0 Å². The lowest BCUT2D eigenvalue weighted by Crippen LogP contribution is -2.32. The Morgan fingerprint density at radius 3 is 2.19 bits per heavy atom. The van der Waals surface area contributed by atoms with Gasteiger partial charge in [-0.2, -0.15) is 26.3 Å². The molecule has 3 aromatic rings. The second-order valence-corrected chi connectivity index (χ2v) is 8.60. The molecule has 1 heterocycles. The van der Waals surface area contributed by atoms with Crippen molar-refractivity contribution in [2.75, 3.05) is 31.6 Å². The second kappa shape index (κ2) is 12.0. The van der Waals surface area contributed by atoms with Crippen LogP contribution in [0.5, 0.6) is 5.75 Å². The van der Waals surface area contributed by atoms with E-state index in [0.717, 1.165) is 23.8 Å². The van der Waals surface area contributed by atoms with E-state index in [-0.39, 0.29) is 29.7 Å². The zero-order valence-corrected chi connectivity index (χ0v) is 20.1. The number of pyridine rings is 1. The molecule has 2 aromatic carbocycles. The van der Waals surface area contributed by atoms with Crippen molar-refractivity contribution in [2.24, 2.45) is 0 Å². The van der Waals surface area contributed by atoms with Gasteiger partial charge < -0.3 is 10.1 Å². The van der Waals surface area contributed by atoms with Crippen LogP contribution < -0.4 is 10.1 Å². The Kier molecular flexibility index (Phi) is 9.32. The van der Waals surface area contributed by atoms with E-state index in [9.17, 15) is 26.3 Å². The molecule has 36 heavy (non-hydrogen) atoms. The second-order valence-electron chi connectivity index (χ2n) is 7.76. The molecule has 0 atom stereocenters. The van der Waals surface area contributed by atoms with Crippen LogP contribution in [0.3, 0.4) is 0 Å². The summed E-state index contributed by atoms with van der Waals surface area (Å²) in [4.78, 5) is 5.71. The van der Waals surface area contributed by atoms with Crippen molar-refractivity contribution < 1.29 is 31.1 Å². The van der Waals surface area contributed by atoms with E-state index in [0.29, 0.717) is 30.9 Å². The molecule has 0 aliphatic heterocycles. The number of halogens is 8. The lowest BCUT2D eigenvalue weighted by molar-refractivity contribution is -0.138. The summed E-state index contributed by atoms with van der Waals surface area (Å²) >= 11 is 11.9. The van der Waals surface area contributed by atoms with Gasteiger partial charge in [0.25, 0.3) is 0 Å². The maximum Gasteiger partial charge on any atom is 0.417 e. The van der Waals surface area contributed by atoms with Crippen molar-refractivity contribution in [2.45, 2.75) is 18.9 Å². The summed E-state index contributed by atoms with van der Waals surface area (Å²) < 4.78 is 82.7. The maximum absolute atomic E-state index is 12.9. The summed E-state index contributed by atoms with van der Waals surface area (Å²) in [6.07, 6.45) is -8.33. The summed E-state index contributed by atoms with van der Waals surface area (Å²) in [5, 5.41) is 3.32. The normalized spacial score (nSPS) is 12.1. The summed E-state index contributed by atoms with van der Waals surface area (Å²) in [5.74, 6) is 0.200. The number of anilines is 1. The van der Waals surface area contributed by atoms with E-state index in [4.69, 9.17) is 27.9 Å². The van der Waals surface area contributed by atoms with Crippen molar-refractivity contribution in [3.63, 3.8) is 0 Å². The Morgan fingerprint density at radius 1 is 0.861 bits per heavy atom. The van der Waals surface area contributed by atoms with Gasteiger partial charge in [-0.15, -0.1) is 0 Å². The molecule has 0 spiro atoms. The zero-order valence-electron chi connectivity index (χ0n) is 18.6. The highest BCUT2D eigenvalue weighted by molar-refractivity contribution is 6.33. The fourth-order valence-corrected chi connectivity index (χ4v) is 3.59. The van der Waals surface area contributed by atoms with Crippen LogP contribution in [0.25, 0.3) is 0 Å². The van der Waals surface area contributed by atoms with E-state index in [1.165, 1.54) is 12.1 Å². The highest BCUT2D eigenvalue weighted by Gasteiger charge is 2.32. The molecule has 194 valence electrons. The van der Waals surface area contributed by atoms with Crippen molar-refractivity contribution in [3.8, 4) is 5.75 Å². The van der Waals surface area contributed by atoms with Crippen LogP contribution in [-0.4, -0.2) is 36.1 Å². The van der Waals surface area contributed by atoms with Crippen molar-refractivity contribution in [3.05, 3.63) is 87.5 Å². The Balaban J connectivity index is 1.61. The highest BCUT2D eigenvalue weighted by atomic mass is 35.5. The summed E-state index contributed by atoms with van der Waals surface area (Å²) in [7, 11) is 0. The molecule has 0 aliphatic carbocycles. The van der Waals surface area contributed by atoms with Crippen LogP contribution in [-0.2, 0) is 18.9 Å². The quantitative estimate of drug-likeness (QED) is 0.266. The van der Waals surface area contributed by atoms with Crippen molar-refractivity contribution in [1.82, 2.24) is 9.88 Å². The average molecular weight is 552 g/mol. The van der Waals surface area contributed by atoms with Gasteiger partial charge in [-0.1, -0.05) is 41.4 Å². The average Bonchev–Trinajstić information content (AvgIpc) is 2.80. The summed E-state index contributed by atoms with van der Waals surface area (Å²) in [6.45, 7) is 1.63. The standard InChI is InChI=1S/C24H21Cl2F6N3O/c25-19-6-4-16(5-7-19)15-35(10-11-36-20-3-1-2-17(12-20)23(27,28)29)9-8-33-22-21(26)13-18(14-34-22)24(30,31)32/h1-7,12-14H,8-11,15H2,(H,33,34). The molecule has 3 rings (SSSR count). The molecule has 4 nitrogen and oxygen atoms in total. The number of hydrogen-bond donors (Lipinski definition) is 1.